The van der Waals surface area contributed by atoms with Gasteiger partial charge in [-0.25, -0.2) is 0 Å². The van der Waals surface area contributed by atoms with Gasteiger partial charge in [-0.3, -0.25) is 0 Å². The van der Waals surface area contributed by atoms with Gasteiger partial charge in [-0.1, -0.05) is 12.2 Å². The molecule has 176 valence electrons. The summed E-state index contributed by atoms with van der Waals surface area (Å²) in [4.78, 5) is 44.7. The number of hydrogen-bond donors (Lipinski definition) is 0. The van der Waals surface area contributed by atoms with Crippen molar-refractivity contribution >= 4 is 27.8 Å². The van der Waals surface area contributed by atoms with E-state index in [0.717, 1.165) is 7.11 Å². The zero-order chi connectivity index (χ0) is 24.1. The van der Waals surface area contributed by atoms with Crippen LogP contribution >= 0.6 is 15.6 Å². The summed E-state index contributed by atoms with van der Waals surface area (Å²) in [5, 5.41) is 0. The van der Waals surface area contributed by atoms with Gasteiger partial charge in [0.15, 0.2) is 23.0 Å². The van der Waals surface area contributed by atoms with Crippen LogP contribution in [0.1, 0.15) is 11.1 Å². The molecule has 2 aromatic rings. The Morgan fingerprint density at radius 3 is 1.44 bits per heavy atom. The zero-order valence-electron chi connectivity index (χ0n) is 21.3. The first-order valence-electron chi connectivity index (χ1n) is 8.54. The first kappa shape index (κ1) is 41.8. The largest absolute Gasteiger partial charge is 1.00 e. The normalized spacial score (nSPS) is 10.6. The van der Waals surface area contributed by atoms with E-state index in [4.69, 9.17) is 18.9 Å². The van der Waals surface area contributed by atoms with Gasteiger partial charge >= 0.3 is 118 Å². The molecule has 0 atom stereocenters. The van der Waals surface area contributed by atoms with E-state index >= 15 is 0 Å². The van der Waals surface area contributed by atoms with E-state index in [1.165, 1.54) is 45.6 Å². The molecule has 0 aliphatic heterocycles. The Bertz CT molecular complexity index is 1080. The van der Waals surface area contributed by atoms with Crippen molar-refractivity contribution < 1.29 is 175 Å². The minimum atomic E-state index is -5.69. The number of methoxy groups -OCH3 is 4. The average molecular weight is 580 g/mol. The van der Waals surface area contributed by atoms with Crippen LogP contribution in [-0.2, 0) is 9.13 Å². The Balaban J connectivity index is -0.00000272. The second kappa shape index (κ2) is 18.6. The second-order valence-corrected chi connectivity index (χ2v) is 8.04. The molecule has 0 spiro atoms. The van der Waals surface area contributed by atoms with Gasteiger partial charge in [0.25, 0.3) is 0 Å². The Morgan fingerprint density at radius 2 is 1.06 bits per heavy atom. The fourth-order valence-electron chi connectivity index (χ4n) is 2.64. The van der Waals surface area contributed by atoms with Crippen LogP contribution in [-0.4, -0.2) is 28.4 Å². The maximum atomic E-state index is 11.2. The second-order valence-electron chi connectivity index (χ2n) is 5.88. The molecule has 0 saturated carbocycles. The molecule has 0 bridgehead atoms. The van der Waals surface area contributed by atoms with Crippen molar-refractivity contribution in [1.29, 1.82) is 0 Å². The summed E-state index contributed by atoms with van der Waals surface area (Å²) in [7, 11) is -6.01. The molecule has 0 aromatic heterocycles. The molecule has 0 radical (unpaired) electrons. The van der Waals surface area contributed by atoms with Crippen LogP contribution in [0.25, 0.3) is 12.2 Å². The Kier molecular flexibility index (Phi) is 21.6. The van der Waals surface area contributed by atoms with Crippen molar-refractivity contribution in [1.82, 2.24) is 0 Å². The Morgan fingerprint density at radius 1 is 0.611 bits per heavy atom. The van der Waals surface area contributed by atoms with E-state index < -0.39 is 27.1 Å². The van der Waals surface area contributed by atoms with E-state index in [9.17, 15) is 28.7 Å². The van der Waals surface area contributed by atoms with Gasteiger partial charge in [0, 0.05) is 5.56 Å². The summed E-state index contributed by atoms with van der Waals surface area (Å²) in [6, 6.07) is 5.57. The smallest absolute Gasteiger partial charge is 0.780 e. The SMILES string of the molecule is COc1cc(/C=C/c2ccc(OC)c(OP(=O)([O-])[O-])c2OP(=O)([O-])[O-])cc(OC)c1OC.[Na+].[Na+].[Na+].[Na+]. The summed E-state index contributed by atoms with van der Waals surface area (Å²) in [6.07, 6.45) is 2.72. The Labute approximate surface area is 297 Å². The molecule has 0 amide bonds. The summed E-state index contributed by atoms with van der Waals surface area (Å²) in [5.41, 5.74) is 0.365. The molecule has 0 heterocycles. The standard InChI is InChI=1S/C18H22O12P2.4Na/c1-25-13-8-7-12(16(29-31(19,20)21)18(13)30-32(22,23)24)6-5-11-9-14(26-2)17(28-4)15(10-11)27-3;;;;/h5-10H,1-4H3,(H2,19,20,21)(H2,22,23,24);;;;/q;4*+1/p-4/b6-5+;;;;. The summed E-state index contributed by atoms with van der Waals surface area (Å²) in [5.74, 6) is -1.11. The van der Waals surface area contributed by atoms with Crippen LogP contribution in [0.15, 0.2) is 24.3 Å². The molecule has 0 unspecified atom stereocenters. The zero-order valence-corrected chi connectivity index (χ0v) is 31.0. The predicted molar refractivity (Wildman–Crippen MR) is 104 cm³/mol. The topological polar surface area (TPSA) is 182 Å². The van der Waals surface area contributed by atoms with Crippen LogP contribution in [0.4, 0.5) is 0 Å². The van der Waals surface area contributed by atoms with Gasteiger partial charge in [-0.05, 0) is 29.8 Å². The van der Waals surface area contributed by atoms with Crippen LogP contribution in [0.5, 0.6) is 34.5 Å². The number of ether oxygens (including phenoxy) is 4. The number of benzene rings is 2. The predicted octanol–water partition coefficient (Wildman–Crippen LogP) is -11.7. The molecule has 12 nitrogen and oxygen atoms in total. The molecule has 18 heteroatoms. The first-order valence-corrected chi connectivity index (χ1v) is 11.5. The molecule has 36 heavy (non-hydrogen) atoms. The third-order valence-electron chi connectivity index (χ3n) is 3.87. The number of phosphoric acid groups is 2. The molecule has 2 rings (SSSR count). The minimum Gasteiger partial charge on any atom is -0.780 e. The van der Waals surface area contributed by atoms with Gasteiger partial charge in [0.1, 0.15) is 15.6 Å². The van der Waals surface area contributed by atoms with E-state index in [0.29, 0.717) is 22.8 Å². The van der Waals surface area contributed by atoms with E-state index in [-0.39, 0.29) is 130 Å². The average Bonchev–Trinajstić information content (AvgIpc) is 2.71. The summed E-state index contributed by atoms with van der Waals surface area (Å²) in [6.45, 7) is 0. The number of rotatable bonds is 10. The van der Waals surface area contributed by atoms with E-state index in [1.54, 1.807) is 12.1 Å². The molecular weight excluding hydrogens is 562 g/mol. The van der Waals surface area contributed by atoms with E-state index in [2.05, 4.69) is 9.05 Å². The molecular formula is C18H18Na4O12P2. The third-order valence-corrected chi connectivity index (χ3v) is 4.69. The maximum absolute atomic E-state index is 11.2. The van der Waals surface area contributed by atoms with Crippen LogP contribution in [0.2, 0.25) is 0 Å². The maximum Gasteiger partial charge on any atom is 1.00 e. The molecule has 0 fully saturated rings. The number of phosphoric ester groups is 2. The fraction of sp³-hybridized carbons (Fsp3) is 0.222. The van der Waals surface area contributed by atoms with Crippen molar-refractivity contribution in [2.75, 3.05) is 28.4 Å². The monoisotopic (exact) mass is 580 g/mol. The minimum absolute atomic E-state index is 0. The molecule has 0 aliphatic rings. The Hall–Kier alpha value is 1.28. The van der Waals surface area contributed by atoms with E-state index in [1.807, 2.05) is 0 Å². The van der Waals surface area contributed by atoms with Crippen LogP contribution < -0.4 is 166 Å². The van der Waals surface area contributed by atoms with Crippen molar-refractivity contribution in [2.24, 2.45) is 0 Å². The quantitative estimate of drug-likeness (QED) is 0.147. The van der Waals surface area contributed by atoms with Gasteiger partial charge in [-0.2, -0.15) is 0 Å². The van der Waals surface area contributed by atoms with Gasteiger partial charge < -0.3 is 56.7 Å². The van der Waals surface area contributed by atoms with Crippen molar-refractivity contribution in [3.63, 3.8) is 0 Å². The number of hydrogen-bond acceptors (Lipinski definition) is 12. The van der Waals surface area contributed by atoms with Gasteiger partial charge in [-0.15, -0.1) is 0 Å². The van der Waals surface area contributed by atoms with Crippen molar-refractivity contribution in [2.45, 2.75) is 0 Å². The van der Waals surface area contributed by atoms with Crippen molar-refractivity contribution in [3.8, 4) is 34.5 Å². The third kappa shape index (κ3) is 12.6. The molecule has 0 saturated heterocycles. The summed E-state index contributed by atoms with van der Waals surface area (Å²) >= 11 is 0. The molecule has 2 aromatic carbocycles. The van der Waals surface area contributed by atoms with Gasteiger partial charge in [0.05, 0.1) is 28.4 Å². The fourth-order valence-corrected chi connectivity index (χ4v) is 3.45. The summed E-state index contributed by atoms with van der Waals surface area (Å²) < 4.78 is 51.7. The van der Waals surface area contributed by atoms with Crippen LogP contribution in [0.3, 0.4) is 0 Å². The van der Waals surface area contributed by atoms with Crippen LogP contribution in [0, 0.1) is 0 Å². The molecule has 0 N–H and O–H groups in total. The first-order chi connectivity index (χ1) is 14.9. The van der Waals surface area contributed by atoms with Crippen molar-refractivity contribution in [3.05, 3.63) is 35.4 Å². The van der Waals surface area contributed by atoms with Gasteiger partial charge in [0.2, 0.25) is 11.5 Å². The molecule has 0 aliphatic carbocycles.